The number of aliphatic hydroxyl groups is 3. The largest absolute Gasteiger partial charge is 0.479 e. The standard InChI is InChI=1S/C51H66N10O14/c1-6-7-22-53-46-41-35(56-49(52)57-46)18-17-34(54-41)26-31-12-14-32(15-13-31)28-61(4,5)30-73-51(71)59(3)25-24-58(2)50(70)72-29-33-16-19-37(74-48-44(67)42(65)43(66)45(75-48)47(68)69)36(27-33)55-38(62)11-9-8-10-23-60-39(63)20-21-40(60)64/h12-21,27,42-45,48,65-67H,6-11,22-26,28-30H2,1-5H3,(H4-,52,53,55,56,57,62,68,69)/p+1/t42-,43-,44+,45-,48+/m0/s1. The maximum atomic E-state index is 13.1. The van der Waals surface area contributed by atoms with E-state index in [1.807, 2.05) is 50.5 Å². The van der Waals surface area contributed by atoms with Crippen molar-refractivity contribution < 1.29 is 72.6 Å². The maximum absolute atomic E-state index is 13.1. The first-order valence-corrected chi connectivity index (χ1v) is 24.6. The third kappa shape index (κ3) is 16.0. The molecule has 24 nitrogen and oxygen atoms in total. The van der Waals surface area contributed by atoms with Crippen molar-refractivity contribution in [2.45, 2.75) is 95.7 Å². The van der Waals surface area contributed by atoms with Gasteiger partial charge in [0, 0.05) is 76.5 Å². The molecular weight excluding hydrogens is 977 g/mol. The number of pyridine rings is 1. The summed E-state index contributed by atoms with van der Waals surface area (Å²) < 4.78 is 22.6. The van der Waals surface area contributed by atoms with Crippen LogP contribution >= 0.6 is 0 Å². The third-order valence-corrected chi connectivity index (χ3v) is 12.3. The summed E-state index contributed by atoms with van der Waals surface area (Å²) in [6.07, 6.45) is -4.49. The monoisotopic (exact) mass is 1040 g/mol. The molecule has 2 aromatic carbocycles. The van der Waals surface area contributed by atoms with Gasteiger partial charge in [-0.2, -0.15) is 4.98 Å². The first-order valence-electron chi connectivity index (χ1n) is 24.6. The van der Waals surface area contributed by atoms with Crippen molar-refractivity contribution in [3.05, 3.63) is 89.1 Å². The molecule has 4 aromatic rings. The molecule has 1 fully saturated rings. The number of imide groups is 1. The van der Waals surface area contributed by atoms with Gasteiger partial charge < -0.3 is 65.5 Å². The number of fused-ring (bicyclic) bond motifs is 1. The van der Waals surface area contributed by atoms with E-state index in [9.17, 15) is 49.2 Å². The molecule has 24 heteroatoms. The number of ether oxygens (including phenoxy) is 4. The molecule has 404 valence electrons. The van der Waals surface area contributed by atoms with Gasteiger partial charge in [-0.1, -0.05) is 50.1 Å². The molecule has 1 saturated heterocycles. The number of nitrogens with zero attached hydrogens (tertiary/aromatic N) is 7. The van der Waals surface area contributed by atoms with Crippen LogP contribution in [-0.2, 0) is 53.0 Å². The van der Waals surface area contributed by atoms with Gasteiger partial charge >= 0.3 is 18.2 Å². The molecule has 2 aromatic heterocycles. The van der Waals surface area contributed by atoms with Crippen molar-refractivity contribution in [1.29, 1.82) is 0 Å². The van der Waals surface area contributed by atoms with Crippen LogP contribution in [-0.4, -0.2) is 182 Å². The van der Waals surface area contributed by atoms with E-state index in [-0.39, 0.29) is 56.8 Å². The number of rotatable bonds is 25. The van der Waals surface area contributed by atoms with Crippen molar-refractivity contribution in [1.82, 2.24) is 29.7 Å². The molecule has 0 unspecified atom stereocenters. The van der Waals surface area contributed by atoms with Crippen LogP contribution in [0, 0.1) is 0 Å². The zero-order valence-electron chi connectivity index (χ0n) is 42.7. The van der Waals surface area contributed by atoms with E-state index in [1.165, 1.54) is 47.2 Å². The lowest BCUT2D eigenvalue weighted by Gasteiger charge is -2.38. The lowest BCUT2D eigenvalue weighted by molar-refractivity contribution is -0.920. The van der Waals surface area contributed by atoms with Gasteiger partial charge in [0.2, 0.25) is 24.9 Å². The minimum atomic E-state index is -1.96. The highest BCUT2D eigenvalue weighted by molar-refractivity contribution is 6.12. The zero-order chi connectivity index (χ0) is 54.4. The van der Waals surface area contributed by atoms with E-state index >= 15 is 0 Å². The number of likely N-dealkylation sites (N-methyl/N-ethyl adjacent to an activating group) is 2. The number of carbonyl (C=O) groups is 6. The van der Waals surface area contributed by atoms with E-state index in [0.717, 1.165) is 41.1 Å². The number of quaternary nitrogens is 1. The lowest BCUT2D eigenvalue weighted by atomic mass is 9.99. The number of aliphatic hydroxyl groups excluding tert-OH is 3. The first-order chi connectivity index (χ1) is 35.7. The van der Waals surface area contributed by atoms with Crippen LogP contribution < -0.4 is 21.1 Å². The highest BCUT2D eigenvalue weighted by atomic mass is 16.7. The molecule has 6 rings (SSSR count). The number of hydrogen-bond acceptors (Lipinski definition) is 18. The number of nitrogens with two attached hydrogens (primary N) is 1. The van der Waals surface area contributed by atoms with Crippen molar-refractivity contribution in [2.24, 2.45) is 0 Å². The Morgan fingerprint density at radius 2 is 1.48 bits per heavy atom. The smallest absolute Gasteiger partial charge is 0.413 e. The Labute approximate surface area is 433 Å². The van der Waals surface area contributed by atoms with Gasteiger partial charge in [-0.25, -0.2) is 24.4 Å². The van der Waals surface area contributed by atoms with Crippen LogP contribution in [0.25, 0.3) is 11.0 Å². The Hall–Kier alpha value is -7.51. The van der Waals surface area contributed by atoms with Gasteiger partial charge in [-0.15, -0.1) is 0 Å². The summed E-state index contributed by atoms with van der Waals surface area (Å²) in [5, 5.41) is 46.6. The van der Waals surface area contributed by atoms with Gasteiger partial charge in [0.25, 0.3) is 11.8 Å². The molecular formula is C51H67N10O14+. The minimum absolute atomic E-state index is 0.00575. The van der Waals surface area contributed by atoms with Crippen LogP contribution in [0.15, 0.2) is 66.7 Å². The van der Waals surface area contributed by atoms with Gasteiger partial charge in [0.05, 0.1) is 25.3 Å². The average Bonchev–Trinajstić information content (AvgIpc) is 3.70. The number of aromatic nitrogens is 3. The second kappa shape index (κ2) is 26.1. The van der Waals surface area contributed by atoms with Gasteiger partial charge in [-0.3, -0.25) is 23.8 Å². The number of unbranched alkanes of at least 4 members (excludes halogenated alkanes) is 3. The minimum Gasteiger partial charge on any atom is -0.479 e. The quantitative estimate of drug-likeness (QED) is 0.0217. The Balaban J connectivity index is 0.966. The molecule has 4 heterocycles. The van der Waals surface area contributed by atoms with E-state index in [4.69, 9.17) is 29.7 Å². The van der Waals surface area contributed by atoms with Gasteiger partial charge in [0.15, 0.2) is 11.9 Å². The normalized spacial score (nSPS) is 18.5. The predicted octanol–water partition coefficient (Wildman–Crippen LogP) is 2.98. The molecule has 0 aliphatic carbocycles. The Kier molecular flexibility index (Phi) is 19.8. The molecule has 8 N–H and O–H groups in total. The van der Waals surface area contributed by atoms with Crippen molar-refractivity contribution in [3.63, 3.8) is 0 Å². The molecule has 0 bridgehead atoms. The number of nitrogens with one attached hydrogen (secondary N) is 2. The molecule has 5 amide bonds. The van der Waals surface area contributed by atoms with Crippen molar-refractivity contribution in [2.75, 3.05) is 77.5 Å². The van der Waals surface area contributed by atoms with Crippen molar-refractivity contribution >= 4 is 64.4 Å². The predicted molar refractivity (Wildman–Crippen MR) is 271 cm³/mol. The summed E-state index contributed by atoms with van der Waals surface area (Å²) in [6, 6.07) is 16.3. The van der Waals surface area contributed by atoms with E-state index in [2.05, 4.69) is 27.5 Å². The van der Waals surface area contributed by atoms with Crippen molar-refractivity contribution in [3.8, 4) is 5.75 Å². The maximum Gasteiger partial charge on any atom is 0.413 e. The number of carbonyl (C=O) groups excluding carboxylic acids is 5. The molecule has 75 heavy (non-hydrogen) atoms. The highest BCUT2D eigenvalue weighted by Gasteiger charge is 2.48. The number of hydrogen-bond donors (Lipinski definition) is 7. The number of benzene rings is 2. The van der Waals surface area contributed by atoms with E-state index in [1.54, 1.807) is 7.05 Å². The topological polar surface area (TPSA) is 319 Å². The van der Waals surface area contributed by atoms with Crippen LogP contribution in [0.2, 0.25) is 0 Å². The Morgan fingerprint density at radius 1 is 0.813 bits per heavy atom. The number of amides is 5. The molecule has 5 atom stereocenters. The lowest BCUT2D eigenvalue weighted by Crippen LogP contribution is -2.61. The molecule has 2 aliphatic heterocycles. The Bertz CT molecular complexity index is 2690. The van der Waals surface area contributed by atoms with Crippen LogP contribution in [0.1, 0.15) is 67.8 Å². The third-order valence-electron chi connectivity index (χ3n) is 12.3. The SMILES string of the molecule is CCCCNc1nc(N)nc2ccc(Cc3ccc(C[N+](C)(C)COC(=O)N(C)CCN(C)C(=O)OCc4ccc(O[C@@H]5O[C@H](C(=O)O)[C@@H](O)[C@H](O)[C@H]5O)c(NC(=O)CCCCCN5C(=O)C=CC5=O)c4)cc3)nc12. The Morgan fingerprint density at radius 3 is 2.16 bits per heavy atom. The summed E-state index contributed by atoms with van der Waals surface area (Å²) in [6.45, 7) is 3.62. The summed E-state index contributed by atoms with van der Waals surface area (Å²) in [5.41, 5.74) is 10.6. The summed E-state index contributed by atoms with van der Waals surface area (Å²) in [7, 11) is 6.93. The second-order valence-electron chi connectivity index (χ2n) is 19.1. The van der Waals surface area contributed by atoms with Crippen LogP contribution in [0.5, 0.6) is 5.75 Å². The summed E-state index contributed by atoms with van der Waals surface area (Å²) in [5.74, 6) is -2.20. The van der Waals surface area contributed by atoms with Gasteiger partial charge in [0.1, 0.15) is 42.7 Å². The fraction of sp³-hybridized carbons (Fsp3) is 0.471. The molecule has 0 spiro atoms. The number of aliphatic carboxylic acids is 1. The second-order valence-corrected chi connectivity index (χ2v) is 19.1. The average molecular weight is 1040 g/mol. The van der Waals surface area contributed by atoms with E-state index in [0.29, 0.717) is 59.1 Å². The summed E-state index contributed by atoms with van der Waals surface area (Å²) in [4.78, 5) is 91.9. The fourth-order valence-corrected chi connectivity index (χ4v) is 8.01. The van der Waals surface area contributed by atoms with Crippen LogP contribution in [0.3, 0.4) is 0 Å². The van der Waals surface area contributed by atoms with Gasteiger partial charge in [-0.05, 0) is 54.7 Å². The highest BCUT2D eigenvalue weighted by Crippen LogP contribution is 2.32. The number of carboxylic acids is 1. The number of anilines is 3. The number of nitrogen functional groups attached to an aromatic ring is 1. The molecule has 0 radical (unpaired) electrons. The molecule has 2 aliphatic rings. The fourth-order valence-electron chi connectivity index (χ4n) is 8.01. The first kappa shape index (κ1) is 56.8. The van der Waals surface area contributed by atoms with E-state index < -0.39 is 66.6 Å². The zero-order valence-corrected chi connectivity index (χ0v) is 42.7. The molecule has 0 saturated carbocycles. The summed E-state index contributed by atoms with van der Waals surface area (Å²) >= 11 is 0. The van der Waals surface area contributed by atoms with Crippen LogP contribution in [0.4, 0.5) is 27.0 Å². The number of carboxylic acid groups (broad SMARTS) is 1.